The van der Waals surface area contributed by atoms with Crippen LogP contribution < -0.4 is 10.6 Å². The van der Waals surface area contributed by atoms with Crippen molar-refractivity contribution in [3.05, 3.63) is 0 Å². The molecule has 0 amide bonds. The molecule has 1 fully saturated rings. The number of hydrogen-bond donors (Lipinski definition) is 2. The van der Waals surface area contributed by atoms with E-state index in [2.05, 4.69) is 10.6 Å². The minimum absolute atomic E-state index is 0.559. The quantitative estimate of drug-likeness (QED) is 0.630. The minimum Gasteiger partial charge on any atom is -0.315 e. The second kappa shape index (κ2) is 8.09. The summed E-state index contributed by atoms with van der Waals surface area (Å²) in [6.07, 6.45) is 5.99. The van der Waals surface area contributed by atoms with Gasteiger partial charge in [0.25, 0.3) is 0 Å². The topological polar surface area (TPSA) is 61.4 Å². The summed E-state index contributed by atoms with van der Waals surface area (Å²) in [7, 11) is -3.03. The average Bonchev–Trinajstić information content (AvgIpc) is 2.33. The van der Waals surface area contributed by atoms with Crippen LogP contribution in [0.2, 0.25) is 0 Å². The van der Waals surface area contributed by atoms with Crippen molar-refractivity contribution in [2.45, 2.75) is 38.6 Å². The molecule has 1 aliphatic rings. The highest BCUT2D eigenvalue weighted by atomic mass is 32.2. The maximum Gasteiger partial charge on any atom is 0.211 e. The summed E-state index contributed by atoms with van der Waals surface area (Å²) < 4.78 is 24.3. The smallest absolute Gasteiger partial charge is 0.211 e. The van der Waals surface area contributed by atoms with Gasteiger partial charge in [-0.3, -0.25) is 0 Å². The van der Waals surface area contributed by atoms with Crippen LogP contribution in [-0.2, 0) is 10.0 Å². The molecule has 0 aromatic rings. The van der Waals surface area contributed by atoms with E-state index in [0.29, 0.717) is 19.1 Å². The minimum atomic E-state index is -3.03. The summed E-state index contributed by atoms with van der Waals surface area (Å²) in [5.74, 6) is 0. The van der Waals surface area contributed by atoms with Gasteiger partial charge in [-0.1, -0.05) is 13.3 Å². The predicted octanol–water partition coefficient (Wildman–Crippen LogP) is 0.390. The van der Waals surface area contributed by atoms with Crippen LogP contribution in [0.15, 0.2) is 0 Å². The van der Waals surface area contributed by atoms with Crippen molar-refractivity contribution in [1.82, 2.24) is 14.9 Å². The molecule has 1 saturated heterocycles. The second-order valence-corrected chi connectivity index (χ2v) is 6.94. The van der Waals surface area contributed by atoms with Gasteiger partial charge in [-0.2, -0.15) is 0 Å². The third kappa shape index (κ3) is 6.13. The molecule has 0 aromatic heterocycles. The number of sulfonamides is 1. The van der Waals surface area contributed by atoms with Gasteiger partial charge < -0.3 is 10.6 Å². The molecule has 0 bridgehead atoms. The van der Waals surface area contributed by atoms with Crippen molar-refractivity contribution in [1.29, 1.82) is 0 Å². The first-order valence-electron chi connectivity index (χ1n) is 6.93. The molecule has 6 heteroatoms. The Morgan fingerprint density at radius 1 is 1.39 bits per heavy atom. The normalized spacial score (nSPS) is 21.4. The van der Waals surface area contributed by atoms with Gasteiger partial charge in [0, 0.05) is 25.7 Å². The maximum atomic E-state index is 11.4. The standard InChI is InChI=1S/C12H27N3O2S/c1-3-15(18(2,16)17)10-6-8-13-11-12-7-4-5-9-14-12/h12-14H,3-11H2,1-2H3. The van der Waals surface area contributed by atoms with Gasteiger partial charge in [0.05, 0.1) is 6.26 Å². The van der Waals surface area contributed by atoms with Crippen molar-refractivity contribution in [3.63, 3.8) is 0 Å². The van der Waals surface area contributed by atoms with Crippen molar-refractivity contribution in [2.24, 2.45) is 0 Å². The lowest BCUT2D eigenvalue weighted by atomic mass is 10.1. The zero-order valence-electron chi connectivity index (χ0n) is 11.6. The summed E-state index contributed by atoms with van der Waals surface area (Å²) in [6.45, 7) is 6.04. The molecule has 108 valence electrons. The van der Waals surface area contributed by atoms with Crippen molar-refractivity contribution >= 4 is 10.0 Å². The molecule has 0 aromatic carbocycles. The van der Waals surface area contributed by atoms with Gasteiger partial charge in [0.2, 0.25) is 10.0 Å². The van der Waals surface area contributed by atoms with E-state index in [-0.39, 0.29) is 0 Å². The number of nitrogens with zero attached hydrogens (tertiary/aromatic N) is 1. The Morgan fingerprint density at radius 2 is 2.17 bits per heavy atom. The van der Waals surface area contributed by atoms with Crippen LogP contribution in [0.4, 0.5) is 0 Å². The number of hydrogen-bond acceptors (Lipinski definition) is 4. The average molecular weight is 277 g/mol. The van der Waals surface area contributed by atoms with Gasteiger partial charge in [0.1, 0.15) is 0 Å². The summed E-state index contributed by atoms with van der Waals surface area (Å²) in [5, 5.41) is 6.89. The summed E-state index contributed by atoms with van der Waals surface area (Å²) in [6, 6.07) is 0.593. The van der Waals surface area contributed by atoms with Crippen LogP contribution in [-0.4, -0.2) is 57.7 Å². The molecule has 0 aliphatic carbocycles. The van der Waals surface area contributed by atoms with Gasteiger partial charge in [-0.25, -0.2) is 12.7 Å². The predicted molar refractivity (Wildman–Crippen MR) is 75.2 cm³/mol. The fourth-order valence-electron chi connectivity index (χ4n) is 2.31. The Kier molecular flexibility index (Phi) is 7.14. The lowest BCUT2D eigenvalue weighted by molar-refractivity contribution is 0.375. The molecule has 0 saturated carbocycles. The van der Waals surface area contributed by atoms with E-state index >= 15 is 0 Å². The first-order chi connectivity index (χ1) is 8.54. The van der Waals surface area contributed by atoms with Crippen LogP contribution in [0.5, 0.6) is 0 Å². The SMILES string of the molecule is CCN(CCCNCC1CCCCN1)S(C)(=O)=O. The highest BCUT2D eigenvalue weighted by molar-refractivity contribution is 7.88. The number of nitrogens with one attached hydrogen (secondary N) is 2. The van der Waals surface area contributed by atoms with Crippen LogP contribution in [0.3, 0.4) is 0 Å². The molecular formula is C12H27N3O2S. The summed E-state index contributed by atoms with van der Waals surface area (Å²) >= 11 is 0. The van der Waals surface area contributed by atoms with E-state index in [0.717, 1.165) is 26.1 Å². The molecule has 1 rings (SSSR count). The zero-order valence-corrected chi connectivity index (χ0v) is 12.4. The molecule has 0 radical (unpaired) electrons. The first kappa shape index (κ1) is 15.9. The molecule has 18 heavy (non-hydrogen) atoms. The molecule has 1 atom stereocenters. The number of rotatable bonds is 8. The lowest BCUT2D eigenvalue weighted by Crippen LogP contribution is -2.42. The van der Waals surface area contributed by atoms with Crippen LogP contribution in [0.25, 0.3) is 0 Å². The highest BCUT2D eigenvalue weighted by Crippen LogP contribution is 2.05. The van der Waals surface area contributed by atoms with Crippen LogP contribution in [0.1, 0.15) is 32.6 Å². The van der Waals surface area contributed by atoms with Crippen molar-refractivity contribution in [2.75, 3.05) is 39.0 Å². The molecule has 5 nitrogen and oxygen atoms in total. The highest BCUT2D eigenvalue weighted by Gasteiger charge is 2.14. The first-order valence-corrected chi connectivity index (χ1v) is 8.78. The van der Waals surface area contributed by atoms with E-state index in [1.54, 1.807) is 0 Å². The Labute approximate surface area is 111 Å². The zero-order chi connectivity index (χ0) is 13.4. The third-order valence-corrected chi connectivity index (χ3v) is 4.76. The molecule has 1 heterocycles. The van der Waals surface area contributed by atoms with Crippen LogP contribution in [0, 0.1) is 0 Å². The van der Waals surface area contributed by atoms with Crippen molar-refractivity contribution in [3.8, 4) is 0 Å². The number of piperidine rings is 1. The largest absolute Gasteiger partial charge is 0.315 e. The van der Waals surface area contributed by atoms with Gasteiger partial charge in [-0.05, 0) is 32.4 Å². The van der Waals surface area contributed by atoms with E-state index in [9.17, 15) is 8.42 Å². The molecular weight excluding hydrogens is 250 g/mol. The Balaban J connectivity index is 2.07. The van der Waals surface area contributed by atoms with E-state index < -0.39 is 10.0 Å². The van der Waals surface area contributed by atoms with Crippen molar-refractivity contribution < 1.29 is 8.42 Å². The monoisotopic (exact) mass is 277 g/mol. The summed E-state index contributed by atoms with van der Waals surface area (Å²) in [4.78, 5) is 0. The van der Waals surface area contributed by atoms with Gasteiger partial charge in [-0.15, -0.1) is 0 Å². The fourth-order valence-corrected chi connectivity index (χ4v) is 3.24. The van der Waals surface area contributed by atoms with E-state index in [1.165, 1.54) is 29.8 Å². The molecule has 1 aliphatic heterocycles. The Bertz CT molecular complexity index is 313. The molecule has 2 N–H and O–H groups in total. The fraction of sp³-hybridized carbons (Fsp3) is 1.00. The van der Waals surface area contributed by atoms with Gasteiger partial charge in [0.15, 0.2) is 0 Å². The molecule has 1 unspecified atom stereocenters. The Morgan fingerprint density at radius 3 is 2.72 bits per heavy atom. The van der Waals surface area contributed by atoms with E-state index in [1.807, 2.05) is 6.92 Å². The third-order valence-electron chi connectivity index (χ3n) is 3.39. The second-order valence-electron chi connectivity index (χ2n) is 4.96. The maximum absolute atomic E-state index is 11.4. The molecule has 0 spiro atoms. The van der Waals surface area contributed by atoms with Gasteiger partial charge >= 0.3 is 0 Å². The van der Waals surface area contributed by atoms with Crippen LogP contribution >= 0.6 is 0 Å². The van der Waals surface area contributed by atoms with E-state index in [4.69, 9.17) is 0 Å². The Hall–Kier alpha value is -0.170. The summed E-state index contributed by atoms with van der Waals surface area (Å²) in [5.41, 5.74) is 0. The lowest BCUT2D eigenvalue weighted by Gasteiger charge is -2.24.